The van der Waals surface area contributed by atoms with Crippen molar-refractivity contribution in [2.45, 2.75) is 12.5 Å². The smallest absolute Gasteiger partial charge is 0.251 e. The zero-order valence-corrected chi connectivity index (χ0v) is 14.4. The predicted octanol–water partition coefficient (Wildman–Crippen LogP) is 3.55. The summed E-state index contributed by atoms with van der Waals surface area (Å²) in [7, 11) is 0. The van der Waals surface area contributed by atoms with Crippen LogP contribution in [-0.4, -0.2) is 23.7 Å². The maximum atomic E-state index is 12.2. The van der Waals surface area contributed by atoms with Crippen molar-refractivity contribution >= 4 is 37.8 Å². The van der Waals surface area contributed by atoms with Crippen LogP contribution in [0.1, 0.15) is 15.9 Å². The van der Waals surface area contributed by atoms with E-state index in [0.29, 0.717) is 12.0 Å². The van der Waals surface area contributed by atoms with Gasteiger partial charge in [0.05, 0.1) is 12.6 Å². The molecule has 2 N–H and O–H groups in total. The van der Waals surface area contributed by atoms with Crippen molar-refractivity contribution in [2.75, 3.05) is 6.61 Å². The number of carbonyl (C=O) groups excluding carboxylic acids is 1. The van der Waals surface area contributed by atoms with Gasteiger partial charge in [-0.25, -0.2) is 0 Å². The van der Waals surface area contributed by atoms with Gasteiger partial charge in [-0.3, -0.25) is 4.79 Å². The number of rotatable bonds is 5. The zero-order chi connectivity index (χ0) is 15.2. The summed E-state index contributed by atoms with van der Waals surface area (Å²) in [5.41, 5.74) is 1.62. The molecule has 1 amide bonds. The Morgan fingerprint density at radius 1 is 1.10 bits per heavy atom. The standard InChI is InChI=1S/C16H15Br2NO2/c17-13-7-12(8-14(18)9-13)16(21)19-15(10-20)6-11-4-2-1-3-5-11/h1-5,7-9,15,20H,6,10H2,(H,19,21)/t15-/m0/s1. The van der Waals surface area contributed by atoms with Crippen molar-refractivity contribution in [2.24, 2.45) is 0 Å². The van der Waals surface area contributed by atoms with E-state index < -0.39 is 0 Å². The number of hydrogen-bond acceptors (Lipinski definition) is 2. The SMILES string of the molecule is O=C(N[C@H](CO)Cc1ccccc1)c1cc(Br)cc(Br)c1. The highest BCUT2D eigenvalue weighted by Crippen LogP contribution is 2.20. The van der Waals surface area contributed by atoms with Gasteiger partial charge < -0.3 is 10.4 Å². The molecule has 0 bridgehead atoms. The van der Waals surface area contributed by atoms with Gasteiger partial charge in [0.1, 0.15) is 0 Å². The monoisotopic (exact) mass is 411 g/mol. The Morgan fingerprint density at radius 3 is 2.29 bits per heavy atom. The topological polar surface area (TPSA) is 49.3 Å². The number of hydrogen-bond donors (Lipinski definition) is 2. The molecule has 110 valence electrons. The Kier molecular flexibility index (Phi) is 5.96. The van der Waals surface area contributed by atoms with E-state index in [1.165, 1.54) is 0 Å². The van der Waals surface area contributed by atoms with E-state index in [9.17, 15) is 9.90 Å². The fourth-order valence-corrected chi connectivity index (χ4v) is 3.31. The van der Waals surface area contributed by atoms with Crippen LogP contribution in [0.25, 0.3) is 0 Å². The lowest BCUT2D eigenvalue weighted by Gasteiger charge is -2.16. The van der Waals surface area contributed by atoms with Crippen LogP contribution in [0.2, 0.25) is 0 Å². The van der Waals surface area contributed by atoms with Gasteiger partial charge in [0, 0.05) is 14.5 Å². The van der Waals surface area contributed by atoms with E-state index in [1.807, 2.05) is 36.4 Å². The lowest BCUT2D eigenvalue weighted by atomic mass is 10.1. The Labute approximate surface area is 140 Å². The maximum Gasteiger partial charge on any atom is 0.251 e. The number of amides is 1. The number of nitrogens with one attached hydrogen (secondary N) is 1. The molecule has 0 saturated heterocycles. The number of benzene rings is 2. The van der Waals surface area contributed by atoms with Gasteiger partial charge in [-0.2, -0.15) is 0 Å². The van der Waals surface area contributed by atoms with Crippen LogP contribution >= 0.6 is 31.9 Å². The fourth-order valence-electron chi connectivity index (χ4n) is 2.01. The lowest BCUT2D eigenvalue weighted by molar-refractivity contribution is 0.0916. The Hall–Kier alpha value is -1.17. The molecule has 0 aliphatic carbocycles. The normalized spacial score (nSPS) is 12.0. The summed E-state index contributed by atoms with van der Waals surface area (Å²) in [6.07, 6.45) is 0.595. The highest BCUT2D eigenvalue weighted by atomic mass is 79.9. The first-order chi connectivity index (χ1) is 10.1. The molecule has 0 aliphatic rings. The third-order valence-electron chi connectivity index (χ3n) is 3.01. The molecule has 1 atom stereocenters. The Morgan fingerprint density at radius 2 is 1.71 bits per heavy atom. The van der Waals surface area contributed by atoms with Crippen LogP contribution in [0.4, 0.5) is 0 Å². The lowest BCUT2D eigenvalue weighted by Crippen LogP contribution is -2.39. The fraction of sp³-hybridized carbons (Fsp3) is 0.188. The first kappa shape index (κ1) is 16.2. The molecule has 2 aromatic carbocycles. The Bertz CT molecular complexity index is 597. The molecule has 0 fully saturated rings. The van der Waals surface area contributed by atoms with E-state index >= 15 is 0 Å². The molecule has 0 unspecified atom stereocenters. The second kappa shape index (κ2) is 7.73. The molecule has 0 aliphatic heterocycles. The van der Waals surface area contributed by atoms with E-state index in [2.05, 4.69) is 37.2 Å². The third kappa shape index (κ3) is 4.95. The van der Waals surface area contributed by atoms with Gasteiger partial charge in [-0.05, 0) is 30.2 Å². The molecule has 0 radical (unpaired) electrons. The highest BCUT2D eigenvalue weighted by Gasteiger charge is 2.14. The summed E-state index contributed by atoms with van der Waals surface area (Å²) >= 11 is 6.72. The number of aliphatic hydroxyl groups excluding tert-OH is 1. The van der Waals surface area contributed by atoms with Gasteiger partial charge in [0.2, 0.25) is 0 Å². The van der Waals surface area contributed by atoms with E-state index in [0.717, 1.165) is 14.5 Å². The van der Waals surface area contributed by atoms with Crippen LogP contribution in [0.15, 0.2) is 57.5 Å². The minimum Gasteiger partial charge on any atom is -0.394 e. The predicted molar refractivity (Wildman–Crippen MR) is 90.3 cm³/mol. The zero-order valence-electron chi connectivity index (χ0n) is 11.2. The molecule has 0 spiro atoms. The van der Waals surface area contributed by atoms with Crippen LogP contribution in [0.5, 0.6) is 0 Å². The quantitative estimate of drug-likeness (QED) is 0.788. The number of halogens is 2. The third-order valence-corrected chi connectivity index (χ3v) is 3.92. The van der Waals surface area contributed by atoms with Crippen molar-refractivity contribution in [3.05, 3.63) is 68.6 Å². The number of aliphatic hydroxyl groups is 1. The molecule has 0 saturated carbocycles. The van der Waals surface area contributed by atoms with Gasteiger partial charge in [0.15, 0.2) is 0 Å². The van der Waals surface area contributed by atoms with E-state index in [-0.39, 0.29) is 18.6 Å². The van der Waals surface area contributed by atoms with Crippen molar-refractivity contribution < 1.29 is 9.90 Å². The van der Waals surface area contributed by atoms with Crippen molar-refractivity contribution in [1.82, 2.24) is 5.32 Å². The molecular weight excluding hydrogens is 398 g/mol. The van der Waals surface area contributed by atoms with E-state index in [1.54, 1.807) is 12.1 Å². The van der Waals surface area contributed by atoms with Crippen molar-refractivity contribution in [1.29, 1.82) is 0 Å². The van der Waals surface area contributed by atoms with Crippen LogP contribution in [-0.2, 0) is 6.42 Å². The maximum absolute atomic E-state index is 12.2. The van der Waals surface area contributed by atoms with Gasteiger partial charge >= 0.3 is 0 Å². The van der Waals surface area contributed by atoms with Crippen molar-refractivity contribution in [3.8, 4) is 0 Å². The molecule has 0 heterocycles. The first-order valence-electron chi connectivity index (χ1n) is 6.50. The molecule has 21 heavy (non-hydrogen) atoms. The van der Waals surface area contributed by atoms with Gasteiger partial charge in [0.25, 0.3) is 5.91 Å². The second-order valence-corrected chi connectivity index (χ2v) is 6.53. The van der Waals surface area contributed by atoms with Gasteiger partial charge in [-0.15, -0.1) is 0 Å². The summed E-state index contributed by atoms with van der Waals surface area (Å²) in [4.78, 5) is 12.2. The summed E-state index contributed by atoms with van der Waals surface area (Å²) in [5.74, 6) is -0.202. The minimum atomic E-state index is -0.308. The average molecular weight is 413 g/mol. The van der Waals surface area contributed by atoms with E-state index in [4.69, 9.17) is 0 Å². The highest BCUT2D eigenvalue weighted by molar-refractivity contribution is 9.11. The Balaban J connectivity index is 2.05. The molecule has 2 rings (SSSR count). The average Bonchev–Trinajstić information content (AvgIpc) is 2.46. The summed E-state index contributed by atoms with van der Waals surface area (Å²) in [6, 6.07) is 14.8. The minimum absolute atomic E-state index is 0.101. The number of carbonyl (C=O) groups is 1. The van der Waals surface area contributed by atoms with Crippen molar-refractivity contribution in [3.63, 3.8) is 0 Å². The first-order valence-corrected chi connectivity index (χ1v) is 8.09. The molecule has 0 aromatic heterocycles. The van der Waals surface area contributed by atoms with Crippen LogP contribution in [0.3, 0.4) is 0 Å². The molecule has 5 heteroatoms. The molecular formula is C16H15Br2NO2. The van der Waals surface area contributed by atoms with Crippen LogP contribution in [0, 0.1) is 0 Å². The summed E-state index contributed by atoms with van der Waals surface area (Å²) in [6.45, 7) is -0.101. The van der Waals surface area contributed by atoms with Crippen LogP contribution < -0.4 is 5.32 Å². The van der Waals surface area contributed by atoms with Gasteiger partial charge in [-0.1, -0.05) is 62.2 Å². The molecule has 2 aromatic rings. The largest absolute Gasteiger partial charge is 0.394 e. The molecule has 3 nitrogen and oxygen atoms in total. The summed E-state index contributed by atoms with van der Waals surface area (Å²) < 4.78 is 1.65. The summed E-state index contributed by atoms with van der Waals surface area (Å²) in [5, 5.41) is 12.3. The second-order valence-electron chi connectivity index (χ2n) is 4.70.